The zero-order valence-corrected chi connectivity index (χ0v) is 15.2. The summed E-state index contributed by atoms with van der Waals surface area (Å²) in [6, 6.07) is 5.71. The number of hydrogen-bond acceptors (Lipinski definition) is 7. The first-order chi connectivity index (χ1) is 12.3. The number of amides is 3. The normalized spacial score (nSPS) is 11.5. The highest BCUT2D eigenvalue weighted by molar-refractivity contribution is 7.14. The Hall–Kier alpha value is -2.91. The van der Waals surface area contributed by atoms with E-state index in [0.717, 1.165) is 16.9 Å². The molecule has 0 spiro atoms. The average Bonchev–Trinajstić information content (AvgIpc) is 3.02. The van der Waals surface area contributed by atoms with Crippen LogP contribution in [0.2, 0.25) is 0 Å². The van der Waals surface area contributed by atoms with E-state index in [1.54, 1.807) is 24.4 Å². The first kappa shape index (κ1) is 19.4. The molecule has 0 saturated heterocycles. The fourth-order valence-corrected chi connectivity index (χ4v) is 3.01. The quantitative estimate of drug-likeness (QED) is 0.590. The number of carbonyl (C=O) groups is 3. The Morgan fingerprint density at radius 3 is 2.65 bits per heavy atom. The first-order valence-corrected chi connectivity index (χ1v) is 8.69. The monoisotopic (exact) mass is 376 g/mol. The lowest BCUT2D eigenvalue weighted by Crippen LogP contribution is -2.32. The van der Waals surface area contributed by atoms with Crippen LogP contribution in [0.4, 0.5) is 15.5 Å². The molecule has 0 aliphatic rings. The fraction of sp³-hybridized carbons (Fsp3) is 0.235. The molecule has 6 N–H and O–H groups in total. The number of anilines is 2. The van der Waals surface area contributed by atoms with E-state index in [4.69, 9.17) is 11.5 Å². The van der Waals surface area contributed by atoms with Crippen molar-refractivity contribution < 1.29 is 19.1 Å². The number of hydrogen-bond donors (Lipinski definition) is 4. The Bertz CT molecular complexity index is 834. The van der Waals surface area contributed by atoms with Crippen molar-refractivity contribution in [2.24, 2.45) is 5.73 Å². The van der Waals surface area contributed by atoms with Gasteiger partial charge in [0.25, 0.3) is 5.91 Å². The van der Waals surface area contributed by atoms with Gasteiger partial charge < -0.3 is 21.5 Å². The molecule has 0 radical (unpaired) electrons. The molecule has 1 aromatic heterocycles. The summed E-state index contributed by atoms with van der Waals surface area (Å²) in [5.74, 6) is -1.20. The summed E-state index contributed by atoms with van der Waals surface area (Å²) < 4.78 is 4.66. The zero-order chi connectivity index (χ0) is 19.3. The van der Waals surface area contributed by atoms with Gasteiger partial charge >= 0.3 is 6.09 Å². The van der Waals surface area contributed by atoms with Gasteiger partial charge in [-0.3, -0.25) is 14.9 Å². The van der Waals surface area contributed by atoms with Crippen molar-refractivity contribution in [1.82, 2.24) is 5.32 Å². The topological polar surface area (TPSA) is 137 Å². The lowest BCUT2D eigenvalue weighted by atomic mass is 10.0. The van der Waals surface area contributed by atoms with E-state index < -0.39 is 23.9 Å². The number of nitrogens with one attached hydrogen (secondary N) is 2. The van der Waals surface area contributed by atoms with Gasteiger partial charge in [-0.25, -0.2) is 4.79 Å². The Morgan fingerprint density at radius 1 is 1.27 bits per heavy atom. The summed E-state index contributed by atoms with van der Waals surface area (Å²) in [5, 5.41) is 6.57. The van der Waals surface area contributed by atoms with Gasteiger partial charge in [0, 0.05) is 11.3 Å². The number of rotatable bonds is 5. The Morgan fingerprint density at radius 2 is 2.00 bits per heavy atom. The van der Waals surface area contributed by atoms with Crippen molar-refractivity contribution in [1.29, 1.82) is 0 Å². The minimum absolute atomic E-state index is 0.138. The van der Waals surface area contributed by atoms with Crippen LogP contribution in [0, 0.1) is 6.92 Å². The largest absolute Gasteiger partial charge is 0.450 e. The average molecular weight is 376 g/mol. The second-order valence-corrected chi connectivity index (χ2v) is 6.35. The third-order valence-electron chi connectivity index (χ3n) is 3.50. The van der Waals surface area contributed by atoms with Crippen molar-refractivity contribution in [3.05, 3.63) is 46.3 Å². The van der Waals surface area contributed by atoms with Gasteiger partial charge in [0.1, 0.15) is 11.0 Å². The molecule has 0 fully saturated rings. The number of alkyl carbamates (subject to hydrolysis) is 1. The zero-order valence-electron chi connectivity index (χ0n) is 14.4. The molecule has 1 atom stereocenters. The highest BCUT2D eigenvalue weighted by Crippen LogP contribution is 2.26. The predicted octanol–water partition coefficient (Wildman–Crippen LogP) is 2.16. The molecule has 2 rings (SSSR count). The summed E-state index contributed by atoms with van der Waals surface area (Å²) >= 11 is 1.13. The van der Waals surface area contributed by atoms with Crippen LogP contribution in [0.3, 0.4) is 0 Å². The molecule has 26 heavy (non-hydrogen) atoms. The molecule has 0 saturated carbocycles. The van der Waals surface area contributed by atoms with Gasteiger partial charge in [-0.1, -0.05) is 12.1 Å². The summed E-state index contributed by atoms with van der Waals surface area (Å²) in [7, 11) is 0. The van der Waals surface area contributed by atoms with Crippen molar-refractivity contribution in [2.45, 2.75) is 19.9 Å². The van der Waals surface area contributed by atoms with Crippen LogP contribution in [0.1, 0.15) is 34.5 Å². The smallest absolute Gasteiger partial charge is 0.414 e. The molecule has 1 heterocycles. The molecule has 2 aromatic rings. The van der Waals surface area contributed by atoms with Gasteiger partial charge in [-0.15, -0.1) is 11.3 Å². The Labute approximate surface area is 154 Å². The number of nitrogens with two attached hydrogens (primary N) is 2. The van der Waals surface area contributed by atoms with Gasteiger partial charge in [-0.2, -0.15) is 0 Å². The maximum absolute atomic E-state index is 12.4. The van der Waals surface area contributed by atoms with Crippen molar-refractivity contribution >= 4 is 39.9 Å². The van der Waals surface area contributed by atoms with Crippen LogP contribution in [-0.4, -0.2) is 24.5 Å². The lowest BCUT2D eigenvalue weighted by Gasteiger charge is -2.15. The van der Waals surface area contributed by atoms with Gasteiger partial charge in [0.15, 0.2) is 0 Å². The maximum Gasteiger partial charge on any atom is 0.414 e. The van der Waals surface area contributed by atoms with E-state index in [9.17, 15) is 14.4 Å². The summed E-state index contributed by atoms with van der Waals surface area (Å²) in [6.45, 7) is 3.64. The number of thiophene rings is 1. The molecule has 0 aliphatic carbocycles. The Kier molecular flexibility index (Phi) is 6.31. The lowest BCUT2D eigenvalue weighted by molar-refractivity contribution is -0.117. The molecule has 138 valence electrons. The number of benzene rings is 1. The van der Waals surface area contributed by atoms with Crippen LogP contribution in [0.15, 0.2) is 29.6 Å². The second kappa shape index (κ2) is 8.45. The minimum Gasteiger partial charge on any atom is -0.450 e. The number of imide groups is 1. The van der Waals surface area contributed by atoms with Crippen LogP contribution in [-0.2, 0) is 9.53 Å². The van der Waals surface area contributed by atoms with Gasteiger partial charge in [-0.05, 0) is 36.9 Å². The standard InChI is InChI=1S/C17H20N4O4S/c1-3-25-17(24)21-14(22)11-6-7-26-16(11)20-15(23)13(19)10-5-4-9(2)8-12(10)18/h4-8,13H,3,18-19H2,1-2H3,(H,20,23)(H,21,22,24). The van der Waals surface area contributed by atoms with Gasteiger partial charge in [0.2, 0.25) is 5.91 Å². The maximum atomic E-state index is 12.4. The summed E-state index contributed by atoms with van der Waals surface area (Å²) in [4.78, 5) is 35.9. The van der Waals surface area contributed by atoms with Crippen LogP contribution < -0.4 is 22.1 Å². The predicted molar refractivity (Wildman–Crippen MR) is 100.0 cm³/mol. The molecule has 3 amide bonds. The van der Waals surface area contributed by atoms with E-state index in [1.807, 2.05) is 13.0 Å². The third-order valence-corrected chi connectivity index (χ3v) is 4.33. The van der Waals surface area contributed by atoms with Crippen LogP contribution in [0.25, 0.3) is 0 Å². The van der Waals surface area contributed by atoms with E-state index in [0.29, 0.717) is 11.3 Å². The molecule has 1 unspecified atom stereocenters. The van der Waals surface area contributed by atoms with Crippen LogP contribution in [0.5, 0.6) is 0 Å². The second-order valence-electron chi connectivity index (χ2n) is 5.44. The van der Waals surface area contributed by atoms with Crippen molar-refractivity contribution in [3.8, 4) is 0 Å². The SMILES string of the molecule is CCOC(=O)NC(=O)c1ccsc1NC(=O)C(N)c1ccc(C)cc1N. The number of nitrogen functional groups attached to an aromatic ring is 1. The van der Waals surface area contributed by atoms with E-state index in [-0.39, 0.29) is 17.2 Å². The number of aryl methyl sites for hydroxylation is 1. The minimum atomic E-state index is -1.00. The highest BCUT2D eigenvalue weighted by atomic mass is 32.1. The molecule has 8 nitrogen and oxygen atoms in total. The highest BCUT2D eigenvalue weighted by Gasteiger charge is 2.22. The van der Waals surface area contributed by atoms with Crippen molar-refractivity contribution in [2.75, 3.05) is 17.7 Å². The molecular weight excluding hydrogens is 356 g/mol. The number of carbonyl (C=O) groups excluding carboxylic acids is 3. The summed E-state index contributed by atoms with van der Waals surface area (Å²) in [5.41, 5.74) is 13.9. The van der Waals surface area contributed by atoms with E-state index in [1.165, 1.54) is 6.07 Å². The molecule has 1 aromatic carbocycles. The fourth-order valence-electron chi connectivity index (χ4n) is 2.22. The summed E-state index contributed by atoms with van der Waals surface area (Å²) in [6.07, 6.45) is -0.856. The Balaban J connectivity index is 2.11. The van der Waals surface area contributed by atoms with Crippen LogP contribution >= 0.6 is 11.3 Å². The molecule has 0 aliphatic heterocycles. The molecular formula is C17H20N4O4S. The third kappa shape index (κ3) is 4.58. The van der Waals surface area contributed by atoms with Crippen molar-refractivity contribution in [3.63, 3.8) is 0 Å². The number of ether oxygens (including phenoxy) is 1. The molecule has 0 bridgehead atoms. The van der Waals surface area contributed by atoms with E-state index in [2.05, 4.69) is 15.4 Å². The van der Waals surface area contributed by atoms with Gasteiger partial charge in [0.05, 0.1) is 12.2 Å². The first-order valence-electron chi connectivity index (χ1n) is 7.81. The van der Waals surface area contributed by atoms with E-state index >= 15 is 0 Å². The molecule has 9 heteroatoms.